The number of carbonyl (C=O) groups is 2. The minimum atomic E-state index is -1.11. The molecule has 3 aromatic rings. The molecular weight excluding hydrogens is 530 g/mol. The van der Waals surface area contributed by atoms with Gasteiger partial charge in [0.05, 0.1) is 18.5 Å². The van der Waals surface area contributed by atoms with Crippen LogP contribution in [0.1, 0.15) is 58.9 Å². The Morgan fingerprint density at radius 3 is 2.29 bits per heavy atom. The van der Waals surface area contributed by atoms with E-state index < -0.39 is 34.3 Å². The van der Waals surface area contributed by atoms with Crippen LogP contribution in [-0.2, 0) is 27.2 Å². The molecule has 220 valence electrons. The standard InChI is InChI=1S/C30H37N3O8/c1-5-40-23(34)17-19-32-26(36)24-22(33(28(38)27(32)37)21-13-9-6-10-14-21)16-15-20(25(24)35)12-8-7-11-18-31-29(39)41-30(2,3)4/h6,9-10,13-16,35H,5,7-8,11-12,17-19H2,1-4H3,(H,31,39). The molecule has 0 spiro atoms. The minimum absolute atomic E-state index is 0.0704. The number of aromatic hydroxyl groups is 1. The van der Waals surface area contributed by atoms with E-state index in [-0.39, 0.29) is 36.2 Å². The predicted molar refractivity (Wildman–Crippen MR) is 155 cm³/mol. The summed E-state index contributed by atoms with van der Waals surface area (Å²) < 4.78 is 11.9. The van der Waals surface area contributed by atoms with Crippen molar-refractivity contribution in [1.82, 2.24) is 14.5 Å². The molecule has 0 atom stereocenters. The molecule has 0 bridgehead atoms. The average molecular weight is 568 g/mol. The molecule has 1 heterocycles. The Bertz CT molecular complexity index is 1570. The van der Waals surface area contributed by atoms with Crippen LogP contribution in [0.3, 0.4) is 0 Å². The maximum absolute atomic E-state index is 13.7. The highest BCUT2D eigenvalue weighted by Gasteiger charge is 2.20. The van der Waals surface area contributed by atoms with Gasteiger partial charge in [0.25, 0.3) is 5.56 Å². The van der Waals surface area contributed by atoms with Crippen LogP contribution in [-0.4, -0.2) is 45.1 Å². The highest BCUT2D eigenvalue weighted by atomic mass is 16.6. The first kappa shape index (κ1) is 31.1. The Balaban J connectivity index is 1.95. The molecule has 11 heteroatoms. The lowest BCUT2D eigenvalue weighted by Gasteiger charge is -2.19. The zero-order valence-electron chi connectivity index (χ0n) is 23.9. The van der Waals surface area contributed by atoms with Gasteiger partial charge in [0.15, 0.2) is 0 Å². The van der Waals surface area contributed by atoms with Crippen molar-refractivity contribution in [2.45, 2.75) is 71.9 Å². The van der Waals surface area contributed by atoms with E-state index in [4.69, 9.17) is 9.47 Å². The van der Waals surface area contributed by atoms with Crippen LogP contribution in [0.4, 0.5) is 4.79 Å². The van der Waals surface area contributed by atoms with Gasteiger partial charge in [-0.1, -0.05) is 30.7 Å². The lowest BCUT2D eigenvalue weighted by atomic mass is 10.0. The second-order valence-corrected chi connectivity index (χ2v) is 10.5. The van der Waals surface area contributed by atoms with E-state index in [1.54, 1.807) is 70.2 Å². The van der Waals surface area contributed by atoms with Crippen LogP contribution in [0.5, 0.6) is 5.75 Å². The van der Waals surface area contributed by atoms with Crippen molar-refractivity contribution in [2.75, 3.05) is 13.2 Å². The third-order valence-corrected chi connectivity index (χ3v) is 6.22. The number of hydrogen-bond donors (Lipinski definition) is 2. The van der Waals surface area contributed by atoms with E-state index >= 15 is 0 Å². The molecule has 3 rings (SSSR count). The highest BCUT2D eigenvalue weighted by Crippen LogP contribution is 2.28. The molecule has 0 aliphatic carbocycles. The Labute approximate surface area is 237 Å². The van der Waals surface area contributed by atoms with E-state index in [0.717, 1.165) is 11.0 Å². The molecule has 0 aliphatic heterocycles. The van der Waals surface area contributed by atoms with Crippen LogP contribution in [0.25, 0.3) is 16.6 Å². The minimum Gasteiger partial charge on any atom is -0.507 e. The molecule has 0 unspecified atom stereocenters. The first-order valence-corrected chi connectivity index (χ1v) is 13.7. The van der Waals surface area contributed by atoms with Gasteiger partial charge in [-0.2, -0.15) is 0 Å². The topological polar surface area (TPSA) is 146 Å². The summed E-state index contributed by atoms with van der Waals surface area (Å²) in [4.78, 5) is 64.0. The molecule has 0 saturated carbocycles. The summed E-state index contributed by atoms with van der Waals surface area (Å²) >= 11 is 0. The van der Waals surface area contributed by atoms with E-state index in [9.17, 15) is 29.1 Å². The fraction of sp³-hybridized carbons (Fsp3) is 0.433. The molecule has 11 nitrogen and oxygen atoms in total. The molecule has 0 aliphatic rings. The number of fused-ring (bicyclic) bond motifs is 1. The summed E-state index contributed by atoms with van der Waals surface area (Å²) in [5.41, 5.74) is -2.67. The van der Waals surface area contributed by atoms with E-state index in [0.29, 0.717) is 41.6 Å². The summed E-state index contributed by atoms with van der Waals surface area (Å²) in [7, 11) is 0. The molecule has 0 radical (unpaired) electrons. The quantitative estimate of drug-likeness (QED) is 0.204. The van der Waals surface area contributed by atoms with Gasteiger partial charge in [0.2, 0.25) is 0 Å². The Morgan fingerprint density at radius 1 is 0.927 bits per heavy atom. The lowest BCUT2D eigenvalue weighted by molar-refractivity contribution is -0.143. The molecule has 1 aromatic heterocycles. The number of phenolic OH excluding ortho intramolecular Hbond substituents is 1. The largest absolute Gasteiger partial charge is 0.507 e. The van der Waals surface area contributed by atoms with Gasteiger partial charge in [-0.25, -0.2) is 4.79 Å². The number of amides is 1. The molecular formula is C30H37N3O8. The van der Waals surface area contributed by atoms with Gasteiger partial charge >= 0.3 is 23.2 Å². The van der Waals surface area contributed by atoms with Crippen molar-refractivity contribution in [3.8, 4) is 11.4 Å². The third-order valence-electron chi connectivity index (χ3n) is 6.22. The van der Waals surface area contributed by atoms with E-state index in [1.165, 1.54) is 0 Å². The lowest BCUT2D eigenvalue weighted by Crippen LogP contribution is -2.41. The summed E-state index contributed by atoms with van der Waals surface area (Å²) in [5, 5.41) is 13.8. The van der Waals surface area contributed by atoms with E-state index in [1.807, 2.05) is 0 Å². The molecule has 2 aromatic carbocycles. The first-order chi connectivity index (χ1) is 19.4. The van der Waals surface area contributed by atoms with Gasteiger partial charge in [-0.05, 0) is 70.7 Å². The number of carbonyl (C=O) groups excluding carboxylic acids is 2. The molecule has 0 saturated heterocycles. The maximum Gasteiger partial charge on any atom is 0.407 e. The van der Waals surface area contributed by atoms with Crippen LogP contribution in [0.15, 0.2) is 56.8 Å². The molecule has 41 heavy (non-hydrogen) atoms. The number of para-hydroxylation sites is 1. The maximum atomic E-state index is 13.7. The fourth-order valence-electron chi connectivity index (χ4n) is 4.36. The monoisotopic (exact) mass is 567 g/mol. The number of unbranched alkanes of at least 4 members (excludes halogenated alkanes) is 2. The summed E-state index contributed by atoms with van der Waals surface area (Å²) in [6, 6.07) is 11.5. The third kappa shape index (κ3) is 8.06. The van der Waals surface area contributed by atoms with Crippen molar-refractivity contribution in [3.05, 3.63) is 79.1 Å². The van der Waals surface area contributed by atoms with Gasteiger partial charge in [-0.3, -0.25) is 28.3 Å². The number of ether oxygens (including phenoxy) is 2. The van der Waals surface area contributed by atoms with Crippen LogP contribution in [0.2, 0.25) is 0 Å². The zero-order valence-corrected chi connectivity index (χ0v) is 23.9. The van der Waals surface area contributed by atoms with Crippen LogP contribution >= 0.6 is 0 Å². The Morgan fingerprint density at radius 2 is 1.63 bits per heavy atom. The number of hydrogen-bond acceptors (Lipinski definition) is 8. The number of aryl methyl sites for hydroxylation is 1. The second kappa shape index (κ2) is 13.8. The van der Waals surface area contributed by atoms with Gasteiger partial charge in [-0.15, -0.1) is 0 Å². The first-order valence-electron chi connectivity index (χ1n) is 13.7. The predicted octanol–water partition coefficient (Wildman–Crippen LogP) is 3.41. The zero-order chi connectivity index (χ0) is 30.2. The number of aromatic nitrogens is 2. The van der Waals surface area contributed by atoms with Crippen LogP contribution < -0.4 is 22.0 Å². The smallest absolute Gasteiger partial charge is 0.407 e. The van der Waals surface area contributed by atoms with Crippen molar-refractivity contribution < 1.29 is 24.2 Å². The van der Waals surface area contributed by atoms with Crippen molar-refractivity contribution in [2.24, 2.45) is 0 Å². The molecule has 2 N–H and O–H groups in total. The fourth-order valence-corrected chi connectivity index (χ4v) is 4.36. The highest BCUT2D eigenvalue weighted by molar-refractivity contribution is 5.86. The second-order valence-electron chi connectivity index (χ2n) is 10.5. The number of nitrogens with one attached hydrogen (secondary N) is 1. The van der Waals surface area contributed by atoms with Crippen LogP contribution in [0, 0.1) is 0 Å². The van der Waals surface area contributed by atoms with Crippen molar-refractivity contribution in [1.29, 1.82) is 0 Å². The Hall–Kier alpha value is -4.41. The normalized spacial score (nSPS) is 11.3. The molecule has 0 fully saturated rings. The number of phenols is 1. The van der Waals surface area contributed by atoms with Crippen molar-refractivity contribution >= 4 is 23.0 Å². The Kier molecular flexibility index (Phi) is 10.5. The van der Waals surface area contributed by atoms with Gasteiger partial charge in [0.1, 0.15) is 16.7 Å². The SMILES string of the molecule is CCOC(=O)CCn1c(=O)c(=O)n(-c2ccccc2)c2ccc(CCCCCNC(=O)OC(C)(C)C)c(O)c2c1=O. The number of rotatable bonds is 11. The summed E-state index contributed by atoms with van der Waals surface area (Å²) in [6.07, 6.45) is 1.67. The number of esters is 1. The molecule has 1 amide bonds. The van der Waals surface area contributed by atoms with Crippen molar-refractivity contribution in [3.63, 3.8) is 0 Å². The average Bonchev–Trinajstić information content (AvgIpc) is 2.98. The number of benzene rings is 2. The number of nitrogens with zero attached hydrogens (tertiary/aromatic N) is 2. The van der Waals surface area contributed by atoms with E-state index in [2.05, 4.69) is 5.32 Å². The van der Waals surface area contributed by atoms with Gasteiger partial charge in [0, 0.05) is 18.8 Å². The summed E-state index contributed by atoms with van der Waals surface area (Å²) in [5.74, 6) is -0.951. The number of alkyl carbamates (subject to hydrolysis) is 1. The summed E-state index contributed by atoms with van der Waals surface area (Å²) in [6.45, 7) is 7.17. The van der Waals surface area contributed by atoms with Gasteiger partial charge < -0.3 is 19.9 Å².